The molecule has 0 atom stereocenters. The average Bonchev–Trinajstić information content (AvgIpc) is 2.03. The van der Waals surface area contributed by atoms with E-state index < -0.39 is 0 Å². The monoisotopic (exact) mass is 288 g/mol. The molecule has 2 N–H and O–H groups in total. The first kappa shape index (κ1) is 9.56. The van der Waals surface area contributed by atoms with Crippen molar-refractivity contribution in [2.24, 2.45) is 0 Å². The lowest BCUT2D eigenvalue weighted by Crippen LogP contribution is -1.91. The van der Waals surface area contributed by atoms with Gasteiger partial charge in [0.2, 0.25) is 0 Å². The molecule has 0 fully saturated rings. The number of nitriles is 1. The zero-order chi connectivity index (χ0) is 9.14. The highest BCUT2D eigenvalue weighted by molar-refractivity contribution is 9.24. The summed E-state index contributed by atoms with van der Waals surface area (Å²) in [6.45, 7) is 0. The number of nitrogen functional groups attached to an aromatic ring is 1. The van der Waals surface area contributed by atoms with Crippen LogP contribution in [-0.2, 0) is 0 Å². The van der Waals surface area contributed by atoms with Gasteiger partial charge in [-0.15, -0.1) is 0 Å². The number of nitrogens with two attached hydrogens (primary N) is 1. The molecule has 1 rings (SSSR count). The summed E-state index contributed by atoms with van der Waals surface area (Å²) >= 11 is 6.65. The Morgan fingerprint density at radius 3 is 2.58 bits per heavy atom. The van der Waals surface area contributed by atoms with Gasteiger partial charge in [0, 0.05) is 5.69 Å². The average molecular weight is 290 g/mol. The van der Waals surface area contributed by atoms with E-state index >= 15 is 0 Å². The van der Waals surface area contributed by atoms with Gasteiger partial charge in [-0.2, -0.15) is 5.26 Å². The Labute approximate surface area is 87.6 Å². The highest BCUT2D eigenvalue weighted by Crippen LogP contribution is 2.32. The van der Waals surface area contributed by atoms with Crippen molar-refractivity contribution in [3.8, 4) is 6.07 Å². The SMILES string of the molecule is N#Cc1cc(N)ccc1C(Br)Br. The lowest BCUT2D eigenvalue weighted by molar-refractivity contribution is 1.36. The summed E-state index contributed by atoms with van der Waals surface area (Å²) in [5.41, 5.74) is 7.62. The van der Waals surface area contributed by atoms with Crippen molar-refractivity contribution in [2.45, 2.75) is 3.74 Å². The minimum absolute atomic E-state index is 0.000231. The van der Waals surface area contributed by atoms with E-state index in [2.05, 4.69) is 37.9 Å². The van der Waals surface area contributed by atoms with Gasteiger partial charge in [-0.05, 0) is 17.7 Å². The van der Waals surface area contributed by atoms with Crippen molar-refractivity contribution in [1.29, 1.82) is 5.26 Å². The molecule has 0 radical (unpaired) electrons. The van der Waals surface area contributed by atoms with Gasteiger partial charge in [-0.1, -0.05) is 37.9 Å². The highest BCUT2D eigenvalue weighted by Gasteiger charge is 2.08. The standard InChI is InChI=1S/C8H6Br2N2/c9-8(10)7-2-1-6(12)3-5(7)4-11/h1-3,8H,12H2. The molecule has 0 spiro atoms. The van der Waals surface area contributed by atoms with E-state index in [1.807, 2.05) is 6.07 Å². The van der Waals surface area contributed by atoms with E-state index in [1.54, 1.807) is 12.1 Å². The van der Waals surface area contributed by atoms with Crippen LogP contribution in [0.4, 0.5) is 5.69 Å². The molecular formula is C8H6Br2N2. The quantitative estimate of drug-likeness (QED) is 0.638. The van der Waals surface area contributed by atoms with E-state index in [1.165, 1.54) is 0 Å². The van der Waals surface area contributed by atoms with E-state index in [0.717, 1.165) is 5.56 Å². The van der Waals surface area contributed by atoms with E-state index in [4.69, 9.17) is 11.0 Å². The molecule has 0 amide bonds. The van der Waals surface area contributed by atoms with Crippen LogP contribution in [0, 0.1) is 11.3 Å². The van der Waals surface area contributed by atoms with Crippen LogP contribution in [0.25, 0.3) is 0 Å². The zero-order valence-electron chi connectivity index (χ0n) is 6.09. The lowest BCUT2D eigenvalue weighted by Gasteiger charge is -2.04. The third kappa shape index (κ3) is 1.99. The fourth-order valence-electron chi connectivity index (χ4n) is 0.861. The van der Waals surface area contributed by atoms with E-state index in [-0.39, 0.29) is 3.74 Å². The van der Waals surface area contributed by atoms with Crippen LogP contribution in [0.3, 0.4) is 0 Å². The number of hydrogen-bond donors (Lipinski definition) is 1. The van der Waals surface area contributed by atoms with Gasteiger partial charge in [-0.25, -0.2) is 0 Å². The van der Waals surface area contributed by atoms with Gasteiger partial charge in [0.15, 0.2) is 0 Å². The summed E-state index contributed by atoms with van der Waals surface area (Å²) in [5.74, 6) is 0. The van der Waals surface area contributed by atoms with Gasteiger partial charge in [-0.3, -0.25) is 0 Å². The summed E-state index contributed by atoms with van der Waals surface area (Å²) in [6, 6.07) is 7.33. The molecule has 0 aliphatic rings. The number of alkyl halides is 2. The van der Waals surface area contributed by atoms with Crippen LogP contribution >= 0.6 is 31.9 Å². The molecule has 1 aromatic carbocycles. The molecule has 4 heteroatoms. The number of rotatable bonds is 1. The molecule has 0 unspecified atom stereocenters. The summed E-state index contributed by atoms with van der Waals surface area (Å²) in [7, 11) is 0. The first-order valence-electron chi connectivity index (χ1n) is 3.23. The van der Waals surface area contributed by atoms with Crippen molar-refractivity contribution in [2.75, 3.05) is 5.73 Å². The summed E-state index contributed by atoms with van der Waals surface area (Å²) < 4.78 is 0.000231. The summed E-state index contributed by atoms with van der Waals surface area (Å²) in [6.07, 6.45) is 0. The fourth-order valence-corrected chi connectivity index (χ4v) is 1.66. The molecule has 0 aliphatic heterocycles. The molecule has 0 bridgehead atoms. The maximum Gasteiger partial charge on any atom is 0.0996 e. The topological polar surface area (TPSA) is 49.8 Å². The van der Waals surface area contributed by atoms with Crippen LogP contribution in [-0.4, -0.2) is 0 Å². The molecule has 2 nitrogen and oxygen atoms in total. The lowest BCUT2D eigenvalue weighted by atomic mass is 10.1. The smallest absolute Gasteiger partial charge is 0.0996 e. The summed E-state index contributed by atoms with van der Waals surface area (Å²) in [5, 5.41) is 8.74. The predicted molar refractivity (Wildman–Crippen MR) is 56.2 cm³/mol. The molecule has 12 heavy (non-hydrogen) atoms. The van der Waals surface area contributed by atoms with Crippen molar-refractivity contribution in [3.63, 3.8) is 0 Å². The van der Waals surface area contributed by atoms with E-state index in [9.17, 15) is 0 Å². The minimum atomic E-state index is 0.000231. The number of hydrogen-bond acceptors (Lipinski definition) is 2. The maximum atomic E-state index is 8.74. The molecular weight excluding hydrogens is 284 g/mol. The Morgan fingerprint density at radius 2 is 2.08 bits per heavy atom. The number of nitrogens with zero attached hydrogens (tertiary/aromatic N) is 1. The van der Waals surface area contributed by atoms with Gasteiger partial charge in [0.25, 0.3) is 0 Å². The number of halogens is 2. The van der Waals surface area contributed by atoms with Crippen molar-refractivity contribution < 1.29 is 0 Å². The Hall–Kier alpha value is -0.530. The van der Waals surface area contributed by atoms with Crippen LogP contribution in [0.2, 0.25) is 0 Å². The fraction of sp³-hybridized carbons (Fsp3) is 0.125. The van der Waals surface area contributed by atoms with Gasteiger partial charge in [0.05, 0.1) is 15.4 Å². The van der Waals surface area contributed by atoms with Crippen molar-refractivity contribution in [1.82, 2.24) is 0 Å². The van der Waals surface area contributed by atoms with Crippen LogP contribution in [0.15, 0.2) is 18.2 Å². The second-order valence-electron chi connectivity index (χ2n) is 2.26. The van der Waals surface area contributed by atoms with Crippen LogP contribution in [0.1, 0.15) is 14.9 Å². The second-order valence-corrected chi connectivity index (χ2v) is 5.32. The normalized spacial score (nSPS) is 9.83. The van der Waals surface area contributed by atoms with Gasteiger partial charge < -0.3 is 5.73 Å². The third-order valence-corrected chi connectivity index (χ3v) is 2.42. The molecule has 1 aromatic rings. The maximum absolute atomic E-state index is 8.74. The predicted octanol–water partition coefficient (Wildman–Crippen LogP) is 2.93. The second kappa shape index (κ2) is 3.92. The van der Waals surface area contributed by atoms with E-state index in [0.29, 0.717) is 11.3 Å². The first-order chi connectivity index (χ1) is 5.65. The molecule has 0 aliphatic carbocycles. The number of anilines is 1. The zero-order valence-corrected chi connectivity index (χ0v) is 9.26. The molecule has 0 saturated carbocycles. The van der Waals surface area contributed by atoms with Gasteiger partial charge >= 0.3 is 0 Å². The van der Waals surface area contributed by atoms with Crippen molar-refractivity contribution in [3.05, 3.63) is 29.3 Å². The van der Waals surface area contributed by atoms with Crippen LogP contribution in [0.5, 0.6) is 0 Å². The molecule has 62 valence electrons. The molecule has 0 heterocycles. The molecule has 0 saturated heterocycles. The summed E-state index contributed by atoms with van der Waals surface area (Å²) in [4.78, 5) is 0. The largest absolute Gasteiger partial charge is 0.399 e. The Kier molecular flexibility index (Phi) is 3.12. The first-order valence-corrected chi connectivity index (χ1v) is 5.06. The van der Waals surface area contributed by atoms with Gasteiger partial charge in [0.1, 0.15) is 0 Å². The number of benzene rings is 1. The van der Waals surface area contributed by atoms with Crippen molar-refractivity contribution >= 4 is 37.5 Å². The Balaban J connectivity index is 3.23. The third-order valence-electron chi connectivity index (χ3n) is 1.43. The van der Waals surface area contributed by atoms with Crippen LogP contribution < -0.4 is 5.73 Å². The highest BCUT2D eigenvalue weighted by atomic mass is 79.9. The molecule has 0 aromatic heterocycles. The minimum Gasteiger partial charge on any atom is -0.399 e. The Morgan fingerprint density at radius 1 is 1.42 bits per heavy atom. The Bertz CT molecular complexity index is 328.